The molecule has 10 heteroatoms. The lowest BCUT2D eigenvalue weighted by Gasteiger charge is -2.10. The highest BCUT2D eigenvalue weighted by atomic mass is 16.6. The van der Waals surface area contributed by atoms with E-state index < -0.39 is 4.92 Å². The summed E-state index contributed by atoms with van der Waals surface area (Å²) in [5, 5.41) is 23.2. The number of rotatable bonds is 8. The molecule has 0 aliphatic heterocycles. The van der Waals surface area contributed by atoms with Crippen LogP contribution >= 0.6 is 0 Å². The van der Waals surface area contributed by atoms with Gasteiger partial charge in [0, 0.05) is 24.1 Å². The molecule has 10 nitrogen and oxygen atoms in total. The third kappa shape index (κ3) is 4.65. The number of benzene rings is 3. The van der Waals surface area contributed by atoms with Gasteiger partial charge in [0.2, 0.25) is 0 Å². The number of hydrogen-bond acceptors (Lipinski definition) is 8. The molecule has 34 heavy (non-hydrogen) atoms. The van der Waals surface area contributed by atoms with E-state index in [1.807, 2.05) is 36.4 Å². The molecule has 0 saturated heterocycles. The van der Waals surface area contributed by atoms with Crippen LogP contribution < -0.4 is 10.1 Å². The number of aromatic nitrogens is 5. The van der Waals surface area contributed by atoms with E-state index in [4.69, 9.17) is 4.74 Å². The van der Waals surface area contributed by atoms with E-state index in [9.17, 15) is 10.1 Å². The molecule has 0 amide bonds. The van der Waals surface area contributed by atoms with Crippen molar-refractivity contribution in [3.05, 3.63) is 107 Å². The Morgan fingerprint density at radius 1 is 1.00 bits per heavy atom. The number of ether oxygens (including phenoxy) is 1. The van der Waals surface area contributed by atoms with Crippen molar-refractivity contribution in [3.8, 4) is 11.4 Å². The van der Waals surface area contributed by atoms with Crippen molar-refractivity contribution in [2.24, 2.45) is 0 Å². The predicted molar refractivity (Wildman–Crippen MR) is 126 cm³/mol. The van der Waals surface area contributed by atoms with Gasteiger partial charge in [-0.3, -0.25) is 10.1 Å². The molecule has 2 heterocycles. The number of fused-ring (bicyclic) bond motifs is 1. The number of nitrogens with one attached hydrogen (secondary N) is 1. The van der Waals surface area contributed by atoms with Crippen LogP contribution in [0.2, 0.25) is 0 Å². The van der Waals surface area contributed by atoms with Gasteiger partial charge in [0.25, 0.3) is 5.69 Å². The minimum absolute atomic E-state index is 0.0188. The van der Waals surface area contributed by atoms with Crippen LogP contribution in [0.4, 0.5) is 11.5 Å². The minimum Gasteiger partial charge on any atom is -0.487 e. The Bertz CT molecular complexity index is 1440. The fraction of sp³-hybridized carbons (Fsp3) is 0.0833. The van der Waals surface area contributed by atoms with E-state index in [0.717, 1.165) is 22.3 Å². The maximum absolute atomic E-state index is 10.8. The third-order valence-electron chi connectivity index (χ3n) is 5.16. The molecule has 3 aromatic carbocycles. The van der Waals surface area contributed by atoms with Gasteiger partial charge in [0.15, 0.2) is 0 Å². The first-order valence-corrected chi connectivity index (χ1v) is 10.5. The maximum atomic E-state index is 10.8. The lowest BCUT2D eigenvalue weighted by Crippen LogP contribution is -2.03. The van der Waals surface area contributed by atoms with Crippen molar-refractivity contribution in [3.63, 3.8) is 0 Å². The molecular weight excluding hydrogens is 434 g/mol. The van der Waals surface area contributed by atoms with Gasteiger partial charge in [-0.15, -0.1) is 5.10 Å². The summed E-state index contributed by atoms with van der Waals surface area (Å²) in [6.45, 7) is 0.850. The van der Waals surface area contributed by atoms with Crippen LogP contribution in [0.1, 0.15) is 11.3 Å². The summed E-state index contributed by atoms with van der Waals surface area (Å²) in [5.41, 5.74) is 3.26. The number of non-ortho nitro benzene ring substituents is 1. The molecule has 168 valence electrons. The summed E-state index contributed by atoms with van der Waals surface area (Å²) in [5.74, 6) is 1.37. The zero-order valence-corrected chi connectivity index (χ0v) is 17.9. The molecule has 0 aliphatic carbocycles. The van der Waals surface area contributed by atoms with E-state index in [0.29, 0.717) is 23.7 Å². The van der Waals surface area contributed by atoms with Gasteiger partial charge in [-0.1, -0.05) is 35.5 Å². The summed E-state index contributed by atoms with van der Waals surface area (Å²) >= 11 is 0. The topological polar surface area (TPSA) is 121 Å². The maximum Gasteiger partial charge on any atom is 0.269 e. The second-order valence-corrected chi connectivity index (χ2v) is 7.46. The van der Waals surface area contributed by atoms with Gasteiger partial charge in [0.1, 0.15) is 30.2 Å². The van der Waals surface area contributed by atoms with E-state index in [1.54, 1.807) is 23.0 Å². The normalized spacial score (nSPS) is 10.8. The largest absolute Gasteiger partial charge is 0.487 e. The standard InChI is InChI=1S/C24H19N7O3/c32-31(33)20-8-6-19(7-9-20)30-14-18(28-29-30)15-34-21-10-11-23-22(12-21)24(27-16-26-23)25-13-17-4-2-1-3-5-17/h1-12,14,16H,13,15H2,(H,25,26,27). The van der Waals surface area contributed by atoms with Crippen LogP contribution in [0.5, 0.6) is 5.75 Å². The lowest BCUT2D eigenvalue weighted by atomic mass is 10.2. The van der Waals surface area contributed by atoms with Crippen molar-refractivity contribution in [1.82, 2.24) is 25.0 Å². The van der Waals surface area contributed by atoms with Crippen LogP contribution in [-0.2, 0) is 13.2 Å². The average molecular weight is 453 g/mol. The predicted octanol–water partition coefficient (Wildman–Crippen LogP) is 4.31. The Morgan fingerprint density at radius 2 is 1.82 bits per heavy atom. The first kappa shape index (κ1) is 21.0. The average Bonchev–Trinajstić information content (AvgIpc) is 3.36. The molecule has 0 saturated carbocycles. The zero-order chi connectivity index (χ0) is 23.3. The van der Waals surface area contributed by atoms with Crippen LogP contribution in [0.25, 0.3) is 16.6 Å². The Labute approximate surface area is 194 Å². The summed E-state index contributed by atoms with van der Waals surface area (Å²) < 4.78 is 7.47. The van der Waals surface area contributed by atoms with E-state index in [1.165, 1.54) is 18.5 Å². The SMILES string of the molecule is O=[N+]([O-])c1ccc(-n2cc(COc3ccc4ncnc(NCc5ccccc5)c4c3)nn2)cc1. The van der Waals surface area contributed by atoms with E-state index in [2.05, 4.69) is 37.7 Å². The number of anilines is 1. The molecule has 0 fully saturated rings. The molecule has 0 bridgehead atoms. The van der Waals surface area contributed by atoms with Crippen molar-refractivity contribution in [2.45, 2.75) is 13.2 Å². The zero-order valence-electron chi connectivity index (χ0n) is 17.9. The Hall–Kier alpha value is -4.86. The molecule has 0 radical (unpaired) electrons. The van der Waals surface area contributed by atoms with Crippen LogP contribution in [0.15, 0.2) is 85.3 Å². The van der Waals surface area contributed by atoms with Crippen molar-refractivity contribution >= 4 is 22.4 Å². The lowest BCUT2D eigenvalue weighted by molar-refractivity contribution is -0.384. The number of nitro benzene ring substituents is 1. The van der Waals surface area contributed by atoms with Crippen LogP contribution in [0, 0.1) is 10.1 Å². The molecule has 0 spiro atoms. The van der Waals surface area contributed by atoms with Gasteiger partial charge in [0.05, 0.1) is 22.3 Å². The van der Waals surface area contributed by atoms with E-state index in [-0.39, 0.29) is 12.3 Å². The van der Waals surface area contributed by atoms with E-state index >= 15 is 0 Å². The second kappa shape index (κ2) is 9.33. The molecule has 0 atom stereocenters. The first-order chi connectivity index (χ1) is 16.7. The molecular formula is C24H19N7O3. The van der Waals surface area contributed by atoms with Crippen LogP contribution in [-0.4, -0.2) is 29.9 Å². The highest BCUT2D eigenvalue weighted by Gasteiger charge is 2.09. The van der Waals surface area contributed by atoms with Crippen LogP contribution in [0.3, 0.4) is 0 Å². The van der Waals surface area contributed by atoms with Crippen molar-refractivity contribution in [2.75, 3.05) is 5.32 Å². The molecule has 1 N–H and O–H groups in total. The number of hydrogen-bond donors (Lipinski definition) is 1. The fourth-order valence-corrected chi connectivity index (χ4v) is 3.42. The molecule has 0 aliphatic rings. The number of nitrogens with zero attached hydrogens (tertiary/aromatic N) is 6. The Morgan fingerprint density at radius 3 is 2.62 bits per heavy atom. The monoisotopic (exact) mass is 453 g/mol. The van der Waals surface area contributed by atoms with Gasteiger partial charge in [-0.05, 0) is 35.9 Å². The summed E-state index contributed by atoms with van der Waals surface area (Å²) in [4.78, 5) is 19.1. The summed E-state index contributed by atoms with van der Waals surface area (Å²) in [6, 6.07) is 21.8. The summed E-state index contributed by atoms with van der Waals surface area (Å²) in [7, 11) is 0. The highest BCUT2D eigenvalue weighted by Crippen LogP contribution is 2.25. The van der Waals surface area contributed by atoms with Gasteiger partial charge in [-0.25, -0.2) is 14.6 Å². The second-order valence-electron chi connectivity index (χ2n) is 7.46. The van der Waals surface area contributed by atoms with Gasteiger partial charge in [-0.2, -0.15) is 0 Å². The fourth-order valence-electron chi connectivity index (χ4n) is 3.42. The Kier molecular flexibility index (Phi) is 5.76. The number of nitro groups is 1. The quantitative estimate of drug-likeness (QED) is 0.273. The third-order valence-corrected chi connectivity index (χ3v) is 5.16. The molecule has 5 aromatic rings. The Balaban J connectivity index is 1.28. The first-order valence-electron chi connectivity index (χ1n) is 10.5. The molecule has 0 unspecified atom stereocenters. The smallest absolute Gasteiger partial charge is 0.269 e. The van der Waals surface area contributed by atoms with Gasteiger partial charge >= 0.3 is 0 Å². The molecule has 5 rings (SSSR count). The van der Waals surface area contributed by atoms with Crippen molar-refractivity contribution < 1.29 is 9.66 Å². The van der Waals surface area contributed by atoms with Crippen molar-refractivity contribution in [1.29, 1.82) is 0 Å². The van der Waals surface area contributed by atoms with Gasteiger partial charge < -0.3 is 10.1 Å². The highest BCUT2D eigenvalue weighted by molar-refractivity contribution is 5.89. The molecule has 2 aromatic heterocycles. The summed E-state index contributed by atoms with van der Waals surface area (Å²) in [6.07, 6.45) is 3.25. The minimum atomic E-state index is -0.443.